The van der Waals surface area contributed by atoms with Crippen LogP contribution in [0, 0.1) is 0 Å². The molecule has 1 saturated heterocycles. The molecule has 1 amide bonds. The first-order valence-corrected chi connectivity index (χ1v) is 6.93. The molecule has 0 bridgehead atoms. The van der Waals surface area contributed by atoms with Gasteiger partial charge in [-0.25, -0.2) is 0 Å². The van der Waals surface area contributed by atoms with Crippen LogP contribution >= 0.6 is 0 Å². The second kappa shape index (κ2) is 5.11. The fraction of sp³-hybridized carbons (Fsp3) is 0.533. The standard InChI is InChI=1S/C15H20N2O/c18-15(14-6-3-9-16-14)17-13-8-7-11-4-1-2-5-12(11)10-13/h1-2,4-5,13-14,16H,3,6-10H2,(H,17,18)/t13?,14-/m0/s1. The molecule has 1 aliphatic carbocycles. The number of nitrogens with one attached hydrogen (secondary N) is 2. The van der Waals surface area contributed by atoms with E-state index < -0.39 is 0 Å². The Labute approximate surface area is 108 Å². The average molecular weight is 244 g/mol. The Bertz CT molecular complexity index is 438. The maximum Gasteiger partial charge on any atom is 0.237 e. The summed E-state index contributed by atoms with van der Waals surface area (Å²) in [6.45, 7) is 0.978. The highest BCUT2D eigenvalue weighted by atomic mass is 16.2. The molecule has 0 saturated carbocycles. The van der Waals surface area contributed by atoms with Crippen molar-refractivity contribution in [2.45, 2.75) is 44.2 Å². The maximum absolute atomic E-state index is 12.1. The predicted molar refractivity (Wildman–Crippen MR) is 71.4 cm³/mol. The Balaban J connectivity index is 1.60. The van der Waals surface area contributed by atoms with Gasteiger partial charge in [0, 0.05) is 6.04 Å². The van der Waals surface area contributed by atoms with Gasteiger partial charge in [-0.3, -0.25) is 4.79 Å². The third-order valence-corrected chi connectivity index (χ3v) is 4.07. The quantitative estimate of drug-likeness (QED) is 0.826. The minimum Gasteiger partial charge on any atom is -0.352 e. The largest absolute Gasteiger partial charge is 0.352 e. The maximum atomic E-state index is 12.1. The first-order valence-electron chi connectivity index (χ1n) is 6.93. The van der Waals surface area contributed by atoms with Crippen molar-refractivity contribution in [3.63, 3.8) is 0 Å². The van der Waals surface area contributed by atoms with Gasteiger partial charge in [-0.2, -0.15) is 0 Å². The molecule has 1 aromatic carbocycles. The third kappa shape index (κ3) is 2.41. The number of hydrogen-bond donors (Lipinski definition) is 2. The molecule has 1 aliphatic heterocycles. The van der Waals surface area contributed by atoms with Gasteiger partial charge in [-0.05, 0) is 49.8 Å². The summed E-state index contributed by atoms with van der Waals surface area (Å²) >= 11 is 0. The number of aryl methyl sites for hydroxylation is 1. The van der Waals surface area contributed by atoms with E-state index in [0.717, 1.165) is 38.6 Å². The zero-order chi connectivity index (χ0) is 12.4. The monoisotopic (exact) mass is 244 g/mol. The van der Waals surface area contributed by atoms with Crippen molar-refractivity contribution in [2.75, 3.05) is 6.54 Å². The van der Waals surface area contributed by atoms with Gasteiger partial charge in [-0.15, -0.1) is 0 Å². The van der Waals surface area contributed by atoms with Crippen LogP contribution in [-0.2, 0) is 17.6 Å². The smallest absolute Gasteiger partial charge is 0.237 e. The van der Waals surface area contributed by atoms with Gasteiger partial charge in [-0.1, -0.05) is 24.3 Å². The first kappa shape index (κ1) is 11.7. The summed E-state index contributed by atoms with van der Waals surface area (Å²) in [5.74, 6) is 0.192. The number of carbonyl (C=O) groups excluding carboxylic acids is 1. The molecular formula is C15H20N2O. The van der Waals surface area contributed by atoms with Gasteiger partial charge >= 0.3 is 0 Å². The molecule has 2 N–H and O–H groups in total. The molecule has 96 valence electrons. The zero-order valence-corrected chi connectivity index (χ0v) is 10.6. The van der Waals surface area contributed by atoms with Gasteiger partial charge in [0.2, 0.25) is 5.91 Å². The molecule has 3 rings (SSSR count). The van der Waals surface area contributed by atoms with E-state index >= 15 is 0 Å². The molecule has 1 unspecified atom stereocenters. The fourth-order valence-corrected chi connectivity index (χ4v) is 3.03. The Hall–Kier alpha value is -1.35. The number of hydrogen-bond acceptors (Lipinski definition) is 2. The van der Waals surface area contributed by atoms with Crippen molar-refractivity contribution >= 4 is 5.91 Å². The molecule has 1 aromatic rings. The van der Waals surface area contributed by atoms with Crippen molar-refractivity contribution in [1.29, 1.82) is 0 Å². The Morgan fingerprint density at radius 3 is 2.83 bits per heavy atom. The van der Waals surface area contributed by atoms with E-state index in [2.05, 4.69) is 34.9 Å². The normalized spacial score (nSPS) is 26.7. The molecule has 0 radical (unpaired) electrons. The van der Waals surface area contributed by atoms with Crippen LogP contribution in [0.25, 0.3) is 0 Å². The molecule has 18 heavy (non-hydrogen) atoms. The van der Waals surface area contributed by atoms with Crippen LogP contribution in [-0.4, -0.2) is 24.5 Å². The van der Waals surface area contributed by atoms with Crippen LogP contribution in [0.4, 0.5) is 0 Å². The van der Waals surface area contributed by atoms with Crippen LogP contribution in [0.1, 0.15) is 30.4 Å². The highest BCUT2D eigenvalue weighted by molar-refractivity contribution is 5.82. The summed E-state index contributed by atoms with van der Waals surface area (Å²) in [7, 11) is 0. The summed E-state index contributed by atoms with van der Waals surface area (Å²) in [6.07, 6.45) is 5.23. The number of rotatable bonds is 2. The van der Waals surface area contributed by atoms with E-state index in [-0.39, 0.29) is 11.9 Å². The molecule has 0 aromatic heterocycles. The fourth-order valence-electron chi connectivity index (χ4n) is 3.03. The Morgan fingerprint density at radius 2 is 2.06 bits per heavy atom. The van der Waals surface area contributed by atoms with E-state index in [9.17, 15) is 4.79 Å². The summed E-state index contributed by atoms with van der Waals surface area (Å²) in [4.78, 5) is 12.1. The second-order valence-electron chi connectivity index (χ2n) is 5.37. The van der Waals surface area contributed by atoms with Crippen molar-refractivity contribution < 1.29 is 4.79 Å². The summed E-state index contributed by atoms with van der Waals surface area (Å²) < 4.78 is 0. The minimum atomic E-state index is 0.0437. The lowest BCUT2D eigenvalue weighted by Crippen LogP contribution is -2.47. The molecule has 2 aliphatic rings. The van der Waals surface area contributed by atoms with E-state index in [1.165, 1.54) is 11.1 Å². The highest BCUT2D eigenvalue weighted by Gasteiger charge is 2.25. The zero-order valence-electron chi connectivity index (χ0n) is 10.6. The van der Waals surface area contributed by atoms with Gasteiger partial charge in [0.15, 0.2) is 0 Å². The van der Waals surface area contributed by atoms with Crippen LogP contribution in [0.2, 0.25) is 0 Å². The average Bonchev–Trinajstić information content (AvgIpc) is 2.92. The number of benzene rings is 1. The van der Waals surface area contributed by atoms with E-state index in [1.807, 2.05) is 0 Å². The van der Waals surface area contributed by atoms with Crippen molar-refractivity contribution in [3.8, 4) is 0 Å². The number of carbonyl (C=O) groups is 1. The summed E-state index contributed by atoms with van der Waals surface area (Å²) in [5, 5.41) is 6.45. The van der Waals surface area contributed by atoms with Crippen molar-refractivity contribution in [1.82, 2.24) is 10.6 Å². The lowest BCUT2D eigenvalue weighted by molar-refractivity contribution is -0.123. The molecule has 1 fully saturated rings. The van der Waals surface area contributed by atoms with E-state index in [1.54, 1.807) is 0 Å². The van der Waals surface area contributed by atoms with Crippen molar-refractivity contribution in [3.05, 3.63) is 35.4 Å². The lowest BCUT2D eigenvalue weighted by Gasteiger charge is -2.26. The van der Waals surface area contributed by atoms with Gasteiger partial charge < -0.3 is 10.6 Å². The highest BCUT2D eigenvalue weighted by Crippen LogP contribution is 2.21. The van der Waals surface area contributed by atoms with Crippen LogP contribution < -0.4 is 10.6 Å². The molecule has 3 heteroatoms. The van der Waals surface area contributed by atoms with Crippen LogP contribution in [0.15, 0.2) is 24.3 Å². The minimum absolute atomic E-state index is 0.0437. The topological polar surface area (TPSA) is 41.1 Å². The summed E-state index contributed by atoms with van der Waals surface area (Å²) in [6, 6.07) is 8.92. The van der Waals surface area contributed by atoms with Gasteiger partial charge in [0.1, 0.15) is 0 Å². The summed E-state index contributed by atoms with van der Waals surface area (Å²) in [5.41, 5.74) is 2.84. The Kier molecular flexibility index (Phi) is 3.33. The number of amides is 1. The van der Waals surface area contributed by atoms with E-state index in [4.69, 9.17) is 0 Å². The molecule has 0 spiro atoms. The van der Waals surface area contributed by atoms with Gasteiger partial charge in [0.25, 0.3) is 0 Å². The van der Waals surface area contributed by atoms with Crippen LogP contribution in [0.3, 0.4) is 0 Å². The molecule has 3 nitrogen and oxygen atoms in total. The van der Waals surface area contributed by atoms with E-state index in [0.29, 0.717) is 6.04 Å². The second-order valence-corrected chi connectivity index (χ2v) is 5.37. The molecule has 1 heterocycles. The third-order valence-electron chi connectivity index (χ3n) is 4.07. The lowest BCUT2D eigenvalue weighted by atomic mass is 9.88. The van der Waals surface area contributed by atoms with Crippen LogP contribution in [0.5, 0.6) is 0 Å². The SMILES string of the molecule is O=C(NC1CCc2ccccc2C1)[C@@H]1CCCN1. The van der Waals surface area contributed by atoms with Crippen molar-refractivity contribution in [2.24, 2.45) is 0 Å². The Morgan fingerprint density at radius 1 is 1.22 bits per heavy atom. The number of fused-ring (bicyclic) bond motifs is 1. The molecule has 2 atom stereocenters. The predicted octanol–water partition coefficient (Wildman–Crippen LogP) is 1.41. The molecular weight excluding hydrogens is 224 g/mol. The first-order chi connectivity index (χ1) is 8.83. The van der Waals surface area contributed by atoms with Gasteiger partial charge in [0.05, 0.1) is 6.04 Å².